The van der Waals surface area contributed by atoms with Crippen LogP contribution in [0.15, 0.2) is 22.7 Å². The molecule has 1 N–H and O–H groups in total. The zero-order chi connectivity index (χ0) is 13.0. The summed E-state index contributed by atoms with van der Waals surface area (Å²) in [6.45, 7) is 6.47. The number of likely N-dealkylation sites (N-methyl/N-ethyl adjacent to an activating group) is 1. The van der Waals surface area contributed by atoms with Gasteiger partial charge in [0.2, 0.25) is 0 Å². The average molecular weight is 332 g/mol. The molecule has 0 aliphatic carbocycles. The highest BCUT2D eigenvalue weighted by Gasteiger charge is 2.17. The topological polar surface area (TPSA) is 15.3 Å². The summed E-state index contributed by atoms with van der Waals surface area (Å²) in [6, 6.07) is 6.71. The van der Waals surface area contributed by atoms with Gasteiger partial charge in [-0.15, -0.1) is 0 Å². The molecule has 1 unspecified atom stereocenters. The number of halogens is 2. The highest BCUT2D eigenvalue weighted by atomic mass is 79.9. The van der Waals surface area contributed by atoms with E-state index in [0.717, 1.165) is 29.1 Å². The van der Waals surface area contributed by atoms with Crippen LogP contribution in [0.25, 0.3) is 0 Å². The smallest absolute Gasteiger partial charge is 0.0451 e. The monoisotopic (exact) mass is 330 g/mol. The van der Waals surface area contributed by atoms with E-state index < -0.39 is 0 Å². The second-order valence-corrected chi connectivity index (χ2v) is 6.18. The first-order valence-electron chi connectivity index (χ1n) is 6.58. The van der Waals surface area contributed by atoms with E-state index in [1.54, 1.807) is 0 Å². The van der Waals surface area contributed by atoms with Gasteiger partial charge < -0.3 is 5.32 Å². The summed E-state index contributed by atoms with van der Waals surface area (Å²) in [5.41, 5.74) is 1.20. The molecule has 0 bridgehead atoms. The summed E-state index contributed by atoms with van der Waals surface area (Å²) in [5.74, 6) is 0. The molecule has 1 saturated heterocycles. The van der Waals surface area contributed by atoms with Crippen molar-refractivity contribution in [1.82, 2.24) is 10.2 Å². The Labute approximate surface area is 123 Å². The van der Waals surface area contributed by atoms with E-state index in [1.807, 2.05) is 12.1 Å². The van der Waals surface area contributed by atoms with Crippen molar-refractivity contribution in [3.63, 3.8) is 0 Å². The van der Waals surface area contributed by atoms with Crippen LogP contribution in [0.3, 0.4) is 0 Å². The van der Waals surface area contributed by atoms with Gasteiger partial charge in [-0.1, -0.05) is 34.5 Å². The van der Waals surface area contributed by atoms with Crippen LogP contribution in [-0.4, -0.2) is 30.6 Å². The average Bonchev–Trinajstić information content (AvgIpc) is 2.85. The van der Waals surface area contributed by atoms with Gasteiger partial charge in [0, 0.05) is 28.6 Å². The third-order valence-corrected chi connectivity index (χ3v) is 4.35. The molecule has 1 fully saturated rings. The lowest BCUT2D eigenvalue weighted by atomic mass is 10.1. The summed E-state index contributed by atoms with van der Waals surface area (Å²) in [6.07, 6.45) is 2.60. The van der Waals surface area contributed by atoms with Gasteiger partial charge >= 0.3 is 0 Å². The normalized spacial score (nSPS) is 19.7. The van der Waals surface area contributed by atoms with E-state index in [4.69, 9.17) is 11.6 Å². The van der Waals surface area contributed by atoms with Crippen molar-refractivity contribution in [2.45, 2.75) is 32.4 Å². The van der Waals surface area contributed by atoms with Crippen LogP contribution in [0.1, 0.15) is 25.3 Å². The highest BCUT2D eigenvalue weighted by molar-refractivity contribution is 9.10. The molecule has 1 aromatic rings. The first-order valence-corrected chi connectivity index (χ1v) is 7.76. The number of benzene rings is 1. The van der Waals surface area contributed by atoms with E-state index in [2.05, 4.69) is 39.1 Å². The van der Waals surface area contributed by atoms with Gasteiger partial charge in [0.25, 0.3) is 0 Å². The molecule has 1 heterocycles. The second-order valence-electron chi connectivity index (χ2n) is 4.86. The lowest BCUT2D eigenvalue weighted by Gasteiger charge is -2.24. The molecule has 1 aliphatic heterocycles. The van der Waals surface area contributed by atoms with Crippen LogP contribution < -0.4 is 5.32 Å². The maximum absolute atomic E-state index is 6.25. The lowest BCUT2D eigenvalue weighted by molar-refractivity contribution is 0.253. The van der Waals surface area contributed by atoms with Crippen LogP contribution in [0, 0.1) is 0 Å². The Kier molecular flexibility index (Phi) is 5.49. The van der Waals surface area contributed by atoms with Crippen molar-refractivity contribution < 1.29 is 0 Å². The Morgan fingerprint density at radius 3 is 3.00 bits per heavy atom. The number of rotatable bonds is 5. The van der Waals surface area contributed by atoms with Gasteiger partial charge in [-0.25, -0.2) is 0 Å². The molecule has 0 radical (unpaired) electrons. The van der Waals surface area contributed by atoms with Gasteiger partial charge in [0.1, 0.15) is 0 Å². The zero-order valence-corrected chi connectivity index (χ0v) is 13.1. The molecular weight excluding hydrogens is 312 g/mol. The molecule has 4 heteroatoms. The Balaban J connectivity index is 1.98. The maximum atomic E-state index is 6.25. The predicted molar refractivity (Wildman–Crippen MR) is 81.1 cm³/mol. The van der Waals surface area contributed by atoms with Crippen molar-refractivity contribution in [2.75, 3.05) is 19.6 Å². The number of hydrogen-bond donors (Lipinski definition) is 1. The van der Waals surface area contributed by atoms with Gasteiger partial charge in [0.15, 0.2) is 0 Å². The van der Waals surface area contributed by atoms with Crippen LogP contribution in [0.5, 0.6) is 0 Å². The second kappa shape index (κ2) is 6.90. The molecule has 0 aromatic heterocycles. The van der Waals surface area contributed by atoms with E-state index in [1.165, 1.54) is 24.9 Å². The molecule has 100 valence electrons. The third-order valence-electron chi connectivity index (χ3n) is 3.49. The van der Waals surface area contributed by atoms with Crippen molar-refractivity contribution in [3.8, 4) is 0 Å². The largest absolute Gasteiger partial charge is 0.313 e. The van der Waals surface area contributed by atoms with E-state index in [-0.39, 0.29) is 0 Å². The first-order chi connectivity index (χ1) is 8.69. The minimum atomic E-state index is 0.649. The van der Waals surface area contributed by atoms with E-state index in [0.29, 0.717) is 6.04 Å². The van der Waals surface area contributed by atoms with Crippen molar-refractivity contribution in [3.05, 3.63) is 33.3 Å². The molecule has 2 rings (SSSR count). The standard InChI is InChI=1S/C14H20BrClN2/c1-2-18(10-13-4-3-7-17-13)9-11-8-12(15)5-6-14(11)16/h5-6,8,13,17H,2-4,7,9-10H2,1H3. The van der Waals surface area contributed by atoms with Crippen LogP contribution in [0.4, 0.5) is 0 Å². The Bertz CT molecular complexity index is 391. The SMILES string of the molecule is CCN(Cc1cc(Br)ccc1Cl)CC1CCCN1. The predicted octanol–water partition coefficient (Wildman–Crippen LogP) is 3.68. The molecule has 0 saturated carbocycles. The van der Waals surface area contributed by atoms with Gasteiger partial charge in [-0.3, -0.25) is 4.90 Å². The quantitative estimate of drug-likeness (QED) is 0.885. The number of nitrogens with one attached hydrogen (secondary N) is 1. The third kappa shape index (κ3) is 3.95. The summed E-state index contributed by atoms with van der Waals surface area (Å²) < 4.78 is 1.09. The Morgan fingerprint density at radius 1 is 1.50 bits per heavy atom. The minimum Gasteiger partial charge on any atom is -0.313 e. The Morgan fingerprint density at radius 2 is 2.33 bits per heavy atom. The minimum absolute atomic E-state index is 0.649. The van der Waals surface area contributed by atoms with Gasteiger partial charge in [-0.05, 0) is 49.7 Å². The zero-order valence-electron chi connectivity index (χ0n) is 10.8. The molecule has 2 nitrogen and oxygen atoms in total. The van der Waals surface area contributed by atoms with Crippen LogP contribution >= 0.6 is 27.5 Å². The fourth-order valence-electron chi connectivity index (χ4n) is 2.44. The van der Waals surface area contributed by atoms with Crippen LogP contribution in [0.2, 0.25) is 5.02 Å². The fourth-order valence-corrected chi connectivity index (χ4v) is 3.02. The molecule has 0 spiro atoms. The van der Waals surface area contributed by atoms with Crippen LogP contribution in [-0.2, 0) is 6.54 Å². The lowest BCUT2D eigenvalue weighted by Crippen LogP contribution is -2.37. The summed E-state index contributed by atoms with van der Waals surface area (Å²) in [5, 5.41) is 4.41. The molecule has 1 aliphatic rings. The maximum Gasteiger partial charge on any atom is 0.0451 e. The molecule has 1 aromatic carbocycles. The summed E-state index contributed by atoms with van der Waals surface area (Å²) >= 11 is 9.76. The van der Waals surface area contributed by atoms with Crippen molar-refractivity contribution >= 4 is 27.5 Å². The molecule has 1 atom stereocenters. The molecule has 0 amide bonds. The van der Waals surface area contributed by atoms with Crippen molar-refractivity contribution in [2.24, 2.45) is 0 Å². The van der Waals surface area contributed by atoms with E-state index in [9.17, 15) is 0 Å². The first kappa shape index (κ1) is 14.3. The Hall–Kier alpha value is -0.0900. The summed E-state index contributed by atoms with van der Waals surface area (Å²) in [7, 11) is 0. The van der Waals surface area contributed by atoms with Gasteiger partial charge in [-0.2, -0.15) is 0 Å². The highest BCUT2D eigenvalue weighted by Crippen LogP contribution is 2.22. The summed E-state index contributed by atoms with van der Waals surface area (Å²) in [4.78, 5) is 2.46. The van der Waals surface area contributed by atoms with E-state index >= 15 is 0 Å². The fraction of sp³-hybridized carbons (Fsp3) is 0.571. The van der Waals surface area contributed by atoms with Gasteiger partial charge in [0.05, 0.1) is 0 Å². The molecule has 18 heavy (non-hydrogen) atoms. The number of hydrogen-bond acceptors (Lipinski definition) is 2. The van der Waals surface area contributed by atoms with Crippen molar-refractivity contribution in [1.29, 1.82) is 0 Å². The molecular formula is C14H20BrClN2. The number of nitrogens with zero attached hydrogens (tertiary/aromatic N) is 1.